The zero-order valence-corrected chi connectivity index (χ0v) is 14.3. The van der Waals surface area contributed by atoms with Crippen LogP contribution in [0.3, 0.4) is 0 Å². The lowest BCUT2D eigenvalue weighted by atomic mass is 10.2. The number of rotatable bonds is 14. The van der Waals surface area contributed by atoms with E-state index >= 15 is 0 Å². The van der Waals surface area contributed by atoms with Crippen molar-refractivity contribution in [1.29, 1.82) is 0 Å². The third-order valence-electron chi connectivity index (χ3n) is 2.77. The standard InChI is InChI=1S/C13H25N5O5S/c14-10(4-3-6-17-13(15)16)12(20)24-9-5-11(19)22-7-1-2-8-23-18-21/h10H,1-9,14H2,(H4,15,16,17). The molecule has 0 bridgehead atoms. The van der Waals surface area contributed by atoms with Gasteiger partial charge in [0, 0.05) is 12.3 Å². The van der Waals surface area contributed by atoms with Crippen molar-refractivity contribution in [2.75, 3.05) is 25.5 Å². The normalized spacial score (nSPS) is 11.4. The summed E-state index contributed by atoms with van der Waals surface area (Å²) >= 11 is 1.01. The topological polar surface area (TPSA) is 172 Å². The van der Waals surface area contributed by atoms with Crippen LogP contribution in [0, 0.1) is 4.91 Å². The molecular weight excluding hydrogens is 338 g/mol. The summed E-state index contributed by atoms with van der Waals surface area (Å²) in [6.07, 6.45) is 2.36. The summed E-state index contributed by atoms with van der Waals surface area (Å²) in [7, 11) is 0. The second-order valence-electron chi connectivity index (χ2n) is 4.81. The highest BCUT2D eigenvalue weighted by atomic mass is 32.2. The number of thioether (sulfide) groups is 1. The number of ether oxygens (including phenoxy) is 1. The Bertz CT molecular complexity index is 418. The highest BCUT2D eigenvalue weighted by Crippen LogP contribution is 2.10. The Kier molecular flexibility index (Phi) is 13.5. The number of nitrogens with zero attached hydrogens (tertiary/aromatic N) is 2. The van der Waals surface area contributed by atoms with E-state index in [1.807, 2.05) is 0 Å². The van der Waals surface area contributed by atoms with E-state index in [1.54, 1.807) is 0 Å². The van der Waals surface area contributed by atoms with Gasteiger partial charge in [0.2, 0.25) is 5.12 Å². The summed E-state index contributed by atoms with van der Waals surface area (Å²) in [4.78, 5) is 40.9. The molecule has 0 radical (unpaired) electrons. The number of carbonyl (C=O) groups excluding carboxylic acids is 2. The van der Waals surface area contributed by atoms with Crippen LogP contribution in [0.25, 0.3) is 0 Å². The minimum atomic E-state index is -0.605. The Morgan fingerprint density at radius 2 is 1.83 bits per heavy atom. The van der Waals surface area contributed by atoms with Crippen molar-refractivity contribution < 1.29 is 19.2 Å². The van der Waals surface area contributed by atoms with E-state index in [1.165, 1.54) is 0 Å². The second-order valence-corrected chi connectivity index (χ2v) is 5.91. The average Bonchev–Trinajstić information content (AvgIpc) is 2.54. The molecule has 0 spiro atoms. The van der Waals surface area contributed by atoms with E-state index in [0.717, 1.165) is 11.8 Å². The predicted octanol–water partition coefficient (Wildman–Crippen LogP) is 0.0386. The number of hydrogen-bond donors (Lipinski definition) is 3. The maximum absolute atomic E-state index is 11.8. The quantitative estimate of drug-likeness (QED) is 0.0961. The van der Waals surface area contributed by atoms with Gasteiger partial charge in [0.25, 0.3) is 0 Å². The van der Waals surface area contributed by atoms with Crippen LogP contribution in [0.15, 0.2) is 10.3 Å². The summed E-state index contributed by atoms with van der Waals surface area (Å²) < 4.78 is 4.97. The van der Waals surface area contributed by atoms with Crippen LogP contribution in [0.5, 0.6) is 0 Å². The van der Waals surface area contributed by atoms with Gasteiger partial charge in [0.15, 0.2) is 11.3 Å². The molecule has 0 aliphatic carbocycles. The number of hydrogen-bond acceptors (Lipinski definition) is 9. The Hall–Kier alpha value is -1.88. The zero-order valence-electron chi connectivity index (χ0n) is 13.5. The summed E-state index contributed by atoms with van der Waals surface area (Å²) in [5.74, 6) is -0.0564. The highest BCUT2D eigenvalue weighted by molar-refractivity contribution is 8.13. The van der Waals surface area contributed by atoms with Gasteiger partial charge in [-0.2, -0.15) is 0 Å². The zero-order chi connectivity index (χ0) is 18.2. The third-order valence-corrected chi connectivity index (χ3v) is 3.76. The molecule has 0 aliphatic rings. The SMILES string of the molecule is NC(N)=NCCCC(N)C(=O)SCCC(=O)OCCCCON=O. The van der Waals surface area contributed by atoms with Crippen molar-refractivity contribution in [3.05, 3.63) is 4.91 Å². The molecule has 11 heteroatoms. The van der Waals surface area contributed by atoms with Gasteiger partial charge in [-0.05, 0) is 25.7 Å². The van der Waals surface area contributed by atoms with Crippen molar-refractivity contribution >= 4 is 28.8 Å². The van der Waals surface area contributed by atoms with Crippen molar-refractivity contribution in [1.82, 2.24) is 0 Å². The first-order valence-electron chi connectivity index (χ1n) is 7.55. The summed E-state index contributed by atoms with van der Waals surface area (Å²) in [6.45, 7) is 0.866. The fraction of sp³-hybridized carbons (Fsp3) is 0.769. The van der Waals surface area contributed by atoms with E-state index in [2.05, 4.69) is 15.2 Å². The Balaban J connectivity index is 3.62. The van der Waals surface area contributed by atoms with Gasteiger partial charge in [-0.25, -0.2) is 0 Å². The predicted molar refractivity (Wildman–Crippen MR) is 91.9 cm³/mol. The molecule has 0 saturated heterocycles. The van der Waals surface area contributed by atoms with Crippen LogP contribution < -0.4 is 17.2 Å². The molecule has 138 valence electrons. The fourth-order valence-electron chi connectivity index (χ4n) is 1.54. The largest absolute Gasteiger partial charge is 0.466 e. The van der Waals surface area contributed by atoms with Gasteiger partial charge in [0.1, 0.15) is 6.61 Å². The summed E-state index contributed by atoms with van der Waals surface area (Å²) in [6, 6.07) is -0.605. The average molecular weight is 363 g/mol. The van der Waals surface area contributed by atoms with E-state index < -0.39 is 6.04 Å². The van der Waals surface area contributed by atoms with Crippen molar-refractivity contribution in [2.24, 2.45) is 27.5 Å². The van der Waals surface area contributed by atoms with Gasteiger partial charge < -0.3 is 26.8 Å². The first kappa shape index (κ1) is 22.1. The number of unbranched alkanes of at least 4 members (excludes halogenated alkanes) is 1. The number of guanidine groups is 1. The van der Waals surface area contributed by atoms with Crippen molar-refractivity contribution in [3.8, 4) is 0 Å². The molecule has 0 amide bonds. The molecule has 0 aliphatic heterocycles. The molecule has 0 heterocycles. The van der Waals surface area contributed by atoms with E-state index in [4.69, 9.17) is 21.9 Å². The third kappa shape index (κ3) is 13.8. The molecule has 0 saturated carbocycles. The van der Waals surface area contributed by atoms with Gasteiger partial charge in [-0.15, -0.1) is 4.91 Å². The van der Waals surface area contributed by atoms with Crippen LogP contribution in [0.1, 0.15) is 32.1 Å². The summed E-state index contributed by atoms with van der Waals surface area (Å²) in [5, 5.41) is 2.08. The van der Waals surface area contributed by atoms with Crippen molar-refractivity contribution in [2.45, 2.75) is 38.1 Å². The molecule has 6 N–H and O–H groups in total. The number of carbonyl (C=O) groups is 2. The van der Waals surface area contributed by atoms with E-state index in [0.29, 0.717) is 38.0 Å². The Labute approximate surface area is 144 Å². The molecule has 24 heavy (non-hydrogen) atoms. The molecule has 0 rings (SSSR count). The maximum atomic E-state index is 11.8. The molecule has 1 atom stereocenters. The van der Waals surface area contributed by atoms with E-state index in [-0.39, 0.29) is 36.7 Å². The minimum absolute atomic E-state index is 0.00992. The lowest BCUT2D eigenvalue weighted by Gasteiger charge is -2.09. The molecule has 1 unspecified atom stereocenters. The lowest BCUT2D eigenvalue weighted by molar-refractivity contribution is -0.143. The smallest absolute Gasteiger partial charge is 0.306 e. The van der Waals surface area contributed by atoms with Gasteiger partial charge in [-0.1, -0.05) is 11.8 Å². The van der Waals surface area contributed by atoms with Gasteiger partial charge in [0.05, 0.1) is 19.1 Å². The molecule has 0 aromatic heterocycles. The first-order chi connectivity index (χ1) is 11.5. The number of nitrogens with two attached hydrogens (primary N) is 3. The maximum Gasteiger partial charge on any atom is 0.306 e. The first-order valence-corrected chi connectivity index (χ1v) is 8.53. The van der Waals surface area contributed by atoms with Gasteiger partial charge in [-0.3, -0.25) is 14.6 Å². The van der Waals surface area contributed by atoms with E-state index in [9.17, 15) is 14.5 Å². The Morgan fingerprint density at radius 3 is 2.50 bits per heavy atom. The van der Waals surface area contributed by atoms with Crippen molar-refractivity contribution in [3.63, 3.8) is 0 Å². The summed E-state index contributed by atoms with van der Waals surface area (Å²) in [5.41, 5.74) is 16.1. The molecular formula is C13H25N5O5S. The molecule has 0 aromatic rings. The van der Waals surface area contributed by atoms with Crippen LogP contribution in [-0.2, 0) is 19.2 Å². The Morgan fingerprint density at radius 1 is 1.12 bits per heavy atom. The molecule has 0 aromatic carbocycles. The molecule has 10 nitrogen and oxygen atoms in total. The van der Waals surface area contributed by atoms with Crippen LogP contribution in [-0.4, -0.2) is 48.6 Å². The number of esters is 1. The number of aliphatic imine (C=N–C) groups is 1. The highest BCUT2D eigenvalue weighted by Gasteiger charge is 2.14. The molecule has 0 fully saturated rings. The lowest BCUT2D eigenvalue weighted by Crippen LogP contribution is -2.29. The minimum Gasteiger partial charge on any atom is -0.466 e. The van der Waals surface area contributed by atoms with Crippen LogP contribution in [0.2, 0.25) is 0 Å². The monoisotopic (exact) mass is 363 g/mol. The van der Waals surface area contributed by atoms with Crippen LogP contribution in [0.4, 0.5) is 0 Å². The second kappa shape index (κ2) is 14.7. The van der Waals surface area contributed by atoms with Crippen LogP contribution >= 0.6 is 11.8 Å². The fourth-order valence-corrected chi connectivity index (χ4v) is 2.35. The van der Waals surface area contributed by atoms with Gasteiger partial charge >= 0.3 is 5.97 Å².